The fraction of sp³-hybridized carbons (Fsp3) is 0.733. The van der Waals surface area contributed by atoms with Crippen molar-refractivity contribution in [1.82, 2.24) is 15.1 Å². The van der Waals surface area contributed by atoms with Gasteiger partial charge in [0.25, 0.3) is 5.91 Å². The molecule has 1 aliphatic carbocycles. The van der Waals surface area contributed by atoms with E-state index in [2.05, 4.69) is 10.4 Å². The fourth-order valence-electron chi connectivity index (χ4n) is 2.59. The molecule has 112 valence electrons. The van der Waals surface area contributed by atoms with Gasteiger partial charge in [0.15, 0.2) is 0 Å². The van der Waals surface area contributed by atoms with Gasteiger partial charge in [-0.3, -0.25) is 9.48 Å². The second kappa shape index (κ2) is 5.95. The van der Waals surface area contributed by atoms with Crippen LogP contribution in [0.3, 0.4) is 0 Å². The van der Waals surface area contributed by atoms with Crippen LogP contribution < -0.4 is 5.32 Å². The SMILES string of the molecule is CC(C)(C)n1cc(C(=O)NCC2CCCC(O)C2)cn1. The monoisotopic (exact) mass is 279 g/mol. The van der Waals surface area contributed by atoms with Gasteiger partial charge in [0, 0.05) is 12.7 Å². The summed E-state index contributed by atoms with van der Waals surface area (Å²) in [6, 6.07) is 0. The number of rotatable bonds is 3. The number of aromatic nitrogens is 2. The Hall–Kier alpha value is -1.36. The van der Waals surface area contributed by atoms with Crippen molar-refractivity contribution in [2.75, 3.05) is 6.54 Å². The van der Waals surface area contributed by atoms with Crippen LogP contribution in [0, 0.1) is 5.92 Å². The lowest BCUT2D eigenvalue weighted by atomic mass is 9.87. The molecule has 20 heavy (non-hydrogen) atoms. The van der Waals surface area contributed by atoms with Crippen LogP contribution in [0.25, 0.3) is 0 Å². The maximum absolute atomic E-state index is 12.1. The zero-order chi connectivity index (χ0) is 14.8. The molecule has 5 nitrogen and oxygen atoms in total. The first-order valence-electron chi connectivity index (χ1n) is 7.37. The number of nitrogens with one attached hydrogen (secondary N) is 1. The first-order chi connectivity index (χ1) is 9.36. The predicted octanol–water partition coefficient (Wildman–Crippen LogP) is 1.92. The summed E-state index contributed by atoms with van der Waals surface area (Å²) in [6.07, 6.45) is 7.00. The molecular weight excluding hydrogens is 254 g/mol. The zero-order valence-corrected chi connectivity index (χ0v) is 12.6. The molecule has 0 aromatic carbocycles. The number of amides is 1. The van der Waals surface area contributed by atoms with Gasteiger partial charge in [-0.25, -0.2) is 0 Å². The van der Waals surface area contributed by atoms with Gasteiger partial charge >= 0.3 is 0 Å². The van der Waals surface area contributed by atoms with Crippen molar-refractivity contribution in [2.45, 2.75) is 58.1 Å². The lowest BCUT2D eigenvalue weighted by molar-refractivity contribution is 0.0873. The second-order valence-electron chi connectivity index (χ2n) is 6.74. The summed E-state index contributed by atoms with van der Waals surface area (Å²) in [4.78, 5) is 12.1. The van der Waals surface area contributed by atoms with Crippen LogP contribution >= 0.6 is 0 Å². The smallest absolute Gasteiger partial charge is 0.254 e. The maximum Gasteiger partial charge on any atom is 0.254 e. The first kappa shape index (κ1) is 15.0. The average molecular weight is 279 g/mol. The standard InChI is InChI=1S/C15H25N3O2/c1-15(2,3)18-10-12(9-17-18)14(20)16-8-11-5-4-6-13(19)7-11/h9-11,13,19H,4-8H2,1-3H3,(H,16,20). The summed E-state index contributed by atoms with van der Waals surface area (Å²) >= 11 is 0. The Labute approximate surface area is 120 Å². The van der Waals surface area contributed by atoms with Gasteiger partial charge in [0.2, 0.25) is 0 Å². The number of aliphatic hydroxyl groups excluding tert-OH is 1. The van der Waals surface area contributed by atoms with Crippen molar-refractivity contribution in [1.29, 1.82) is 0 Å². The molecule has 1 aliphatic rings. The minimum absolute atomic E-state index is 0.0828. The summed E-state index contributed by atoms with van der Waals surface area (Å²) in [6.45, 7) is 6.78. The van der Waals surface area contributed by atoms with Gasteiger partial charge in [0.1, 0.15) is 0 Å². The van der Waals surface area contributed by atoms with Gasteiger partial charge in [0.05, 0.1) is 23.4 Å². The van der Waals surface area contributed by atoms with E-state index in [-0.39, 0.29) is 17.6 Å². The van der Waals surface area contributed by atoms with Crippen molar-refractivity contribution in [3.8, 4) is 0 Å². The zero-order valence-electron chi connectivity index (χ0n) is 12.6. The number of hydrogen-bond donors (Lipinski definition) is 2. The molecule has 1 saturated carbocycles. The van der Waals surface area contributed by atoms with E-state index in [0.29, 0.717) is 18.0 Å². The Morgan fingerprint density at radius 2 is 2.25 bits per heavy atom. The van der Waals surface area contributed by atoms with E-state index in [1.165, 1.54) is 0 Å². The Morgan fingerprint density at radius 3 is 2.85 bits per heavy atom. The Morgan fingerprint density at radius 1 is 1.50 bits per heavy atom. The summed E-state index contributed by atoms with van der Waals surface area (Å²) < 4.78 is 1.80. The van der Waals surface area contributed by atoms with Crippen molar-refractivity contribution < 1.29 is 9.90 Å². The minimum atomic E-state index is -0.200. The number of aliphatic hydroxyl groups is 1. The number of carbonyl (C=O) groups excluding carboxylic acids is 1. The van der Waals surface area contributed by atoms with E-state index >= 15 is 0 Å². The molecule has 0 spiro atoms. The van der Waals surface area contributed by atoms with Crippen LogP contribution in [-0.4, -0.2) is 33.4 Å². The lowest BCUT2D eigenvalue weighted by Gasteiger charge is -2.25. The van der Waals surface area contributed by atoms with Gasteiger partial charge in [-0.05, 0) is 46.0 Å². The Kier molecular flexibility index (Phi) is 4.48. The van der Waals surface area contributed by atoms with Crippen LogP contribution in [-0.2, 0) is 5.54 Å². The summed E-state index contributed by atoms with van der Waals surface area (Å²) in [5.74, 6) is 0.306. The molecule has 0 radical (unpaired) electrons. The Balaban J connectivity index is 1.87. The first-order valence-corrected chi connectivity index (χ1v) is 7.37. The number of hydrogen-bond acceptors (Lipinski definition) is 3. The van der Waals surface area contributed by atoms with Crippen LogP contribution in [0.2, 0.25) is 0 Å². The molecule has 1 aromatic rings. The molecular formula is C15H25N3O2. The highest BCUT2D eigenvalue weighted by Crippen LogP contribution is 2.23. The summed E-state index contributed by atoms with van der Waals surface area (Å²) in [7, 11) is 0. The van der Waals surface area contributed by atoms with Gasteiger partial charge in [-0.15, -0.1) is 0 Å². The third-order valence-corrected chi connectivity index (χ3v) is 3.84. The van der Waals surface area contributed by atoms with Gasteiger partial charge < -0.3 is 10.4 Å². The van der Waals surface area contributed by atoms with Crippen LogP contribution in [0.1, 0.15) is 56.8 Å². The molecule has 2 unspecified atom stereocenters. The van der Waals surface area contributed by atoms with Crippen molar-refractivity contribution in [3.63, 3.8) is 0 Å². The van der Waals surface area contributed by atoms with E-state index in [4.69, 9.17) is 0 Å². The van der Waals surface area contributed by atoms with Gasteiger partial charge in [-0.1, -0.05) is 6.42 Å². The van der Waals surface area contributed by atoms with Gasteiger partial charge in [-0.2, -0.15) is 5.10 Å². The topological polar surface area (TPSA) is 67.2 Å². The highest BCUT2D eigenvalue weighted by Gasteiger charge is 2.21. The summed E-state index contributed by atoms with van der Waals surface area (Å²) in [5.41, 5.74) is 0.475. The normalized spacial score (nSPS) is 23.6. The molecule has 2 atom stereocenters. The minimum Gasteiger partial charge on any atom is -0.393 e. The van der Waals surface area contributed by atoms with E-state index in [0.717, 1.165) is 25.7 Å². The van der Waals surface area contributed by atoms with Crippen molar-refractivity contribution in [3.05, 3.63) is 18.0 Å². The van der Waals surface area contributed by atoms with Crippen molar-refractivity contribution in [2.24, 2.45) is 5.92 Å². The molecule has 0 saturated heterocycles. The Bertz CT molecular complexity index is 462. The quantitative estimate of drug-likeness (QED) is 0.888. The third kappa shape index (κ3) is 3.82. The molecule has 0 bridgehead atoms. The molecule has 0 aliphatic heterocycles. The number of nitrogens with zero attached hydrogens (tertiary/aromatic N) is 2. The maximum atomic E-state index is 12.1. The predicted molar refractivity (Wildman–Crippen MR) is 77.5 cm³/mol. The molecule has 1 aromatic heterocycles. The second-order valence-corrected chi connectivity index (χ2v) is 6.74. The van der Waals surface area contributed by atoms with Crippen LogP contribution in [0.5, 0.6) is 0 Å². The van der Waals surface area contributed by atoms with E-state index < -0.39 is 0 Å². The largest absolute Gasteiger partial charge is 0.393 e. The van der Waals surface area contributed by atoms with Crippen LogP contribution in [0.4, 0.5) is 0 Å². The molecule has 2 N–H and O–H groups in total. The molecule has 1 fully saturated rings. The van der Waals surface area contributed by atoms with E-state index in [9.17, 15) is 9.90 Å². The van der Waals surface area contributed by atoms with E-state index in [1.54, 1.807) is 17.1 Å². The molecule has 2 rings (SSSR count). The fourth-order valence-corrected chi connectivity index (χ4v) is 2.59. The van der Waals surface area contributed by atoms with Crippen molar-refractivity contribution >= 4 is 5.91 Å². The highest BCUT2D eigenvalue weighted by atomic mass is 16.3. The van der Waals surface area contributed by atoms with E-state index in [1.807, 2.05) is 20.8 Å². The summed E-state index contributed by atoms with van der Waals surface area (Å²) in [5, 5.41) is 16.8. The number of carbonyl (C=O) groups is 1. The third-order valence-electron chi connectivity index (χ3n) is 3.84. The lowest BCUT2D eigenvalue weighted by Crippen LogP contribution is -2.32. The molecule has 1 amide bonds. The van der Waals surface area contributed by atoms with Crippen LogP contribution in [0.15, 0.2) is 12.4 Å². The highest BCUT2D eigenvalue weighted by molar-refractivity contribution is 5.93. The average Bonchev–Trinajstić information content (AvgIpc) is 2.85. The molecule has 1 heterocycles. The molecule has 5 heteroatoms.